The molecule has 0 saturated carbocycles. The standard InChI is InChI=1S/C29H25N3O6/c33-25-15-14-24(31(25)17-19-6-2-1-3-7-19)26(34)30-23(29(37)38)16-18-10-12-20(13-11-18)32-27(35)21-8-4-5-9-22(21)28(32)36/h1-13,23-24H,14-17H2,(H,30,34)(H,37,38)/t23-,24+/m0/s1. The van der Waals surface area contributed by atoms with Gasteiger partial charge in [-0.2, -0.15) is 0 Å². The number of nitrogens with zero attached hydrogens (tertiary/aromatic N) is 2. The maximum Gasteiger partial charge on any atom is 0.326 e. The molecule has 2 aliphatic rings. The number of fused-ring (bicyclic) bond motifs is 1. The molecule has 38 heavy (non-hydrogen) atoms. The van der Waals surface area contributed by atoms with E-state index < -0.39 is 35.8 Å². The van der Waals surface area contributed by atoms with Gasteiger partial charge in [-0.25, -0.2) is 9.69 Å². The molecule has 0 aliphatic carbocycles. The zero-order chi connectivity index (χ0) is 26.8. The van der Waals surface area contributed by atoms with Crippen molar-refractivity contribution in [2.75, 3.05) is 4.90 Å². The number of nitrogens with one attached hydrogen (secondary N) is 1. The molecule has 9 nitrogen and oxygen atoms in total. The highest BCUT2D eigenvalue weighted by Crippen LogP contribution is 2.28. The Morgan fingerprint density at radius 3 is 2.05 bits per heavy atom. The summed E-state index contributed by atoms with van der Waals surface area (Å²) in [4.78, 5) is 65.5. The first-order chi connectivity index (χ1) is 18.3. The van der Waals surface area contributed by atoms with E-state index in [0.29, 0.717) is 28.8 Å². The number of carbonyl (C=O) groups is 5. The van der Waals surface area contributed by atoms with Crippen molar-refractivity contribution in [2.24, 2.45) is 0 Å². The van der Waals surface area contributed by atoms with Crippen LogP contribution in [0.2, 0.25) is 0 Å². The highest BCUT2D eigenvalue weighted by atomic mass is 16.4. The summed E-state index contributed by atoms with van der Waals surface area (Å²) in [5.41, 5.74) is 2.52. The van der Waals surface area contributed by atoms with Gasteiger partial charge in [0.25, 0.3) is 11.8 Å². The van der Waals surface area contributed by atoms with Crippen molar-refractivity contribution in [1.29, 1.82) is 0 Å². The molecule has 2 N–H and O–H groups in total. The largest absolute Gasteiger partial charge is 0.480 e. The van der Waals surface area contributed by atoms with Crippen LogP contribution in [0.25, 0.3) is 0 Å². The van der Waals surface area contributed by atoms with E-state index in [9.17, 15) is 29.1 Å². The summed E-state index contributed by atoms with van der Waals surface area (Å²) >= 11 is 0. The number of rotatable bonds is 8. The fourth-order valence-electron chi connectivity index (χ4n) is 4.89. The summed E-state index contributed by atoms with van der Waals surface area (Å²) in [7, 11) is 0. The molecule has 3 aromatic carbocycles. The monoisotopic (exact) mass is 511 g/mol. The van der Waals surface area contributed by atoms with E-state index in [1.807, 2.05) is 30.3 Å². The fourth-order valence-corrected chi connectivity index (χ4v) is 4.89. The van der Waals surface area contributed by atoms with E-state index in [2.05, 4.69) is 5.32 Å². The second kappa shape index (κ2) is 10.3. The number of anilines is 1. The van der Waals surface area contributed by atoms with Crippen molar-refractivity contribution < 1.29 is 29.1 Å². The molecule has 4 amide bonds. The SMILES string of the molecule is O=C(O)[C@H](Cc1ccc(N2C(=O)c3ccccc3C2=O)cc1)NC(=O)[C@H]1CCC(=O)N1Cc1ccccc1. The van der Waals surface area contributed by atoms with Crippen LogP contribution in [0.15, 0.2) is 78.9 Å². The van der Waals surface area contributed by atoms with Crippen LogP contribution in [-0.4, -0.2) is 51.7 Å². The summed E-state index contributed by atoms with van der Waals surface area (Å²) in [5, 5.41) is 12.4. The molecule has 0 radical (unpaired) electrons. The predicted molar refractivity (Wildman–Crippen MR) is 137 cm³/mol. The molecule has 0 spiro atoms. The number of amides is 4. The lowest BCUT2D eigenvalue weighted by Crippen LogP contribution is -2.50. The Bertz CT molecular complexity index is 1380. The van der Waals surface area contributed by atoms with Crippen molar-refractivity contribution in [3.05, 3.63) is 101 Å². The molecule has 0 bridgehead atoms. The van der Waals surface area contributed by atoms with Gasteiger partial charge >= 0.3 is 5.97 Å². The van der Waals surface area contributed by atoms with Crippen molar-refractivity contribution in [3.8, 4) is 0 Å². The first kappa shape index (κ1) is 24.9. The third kappa shape index (κ3) is 4.78. The van der Waals surface area contributed by atoms with Gasteiger partial charge in [0, 0.05) is 19.4 Å². The number of benzene rings is 3. The molecular formula is C29H25N3O6. The molecule has 1 fully saturated rings. The summed E-state index contributed by atoms with van der Waals surface area (Å²) in [6, 6.07) is 20.3. The summed E-state index contributed by atoms with van der Waals surface area (Å²) in [6.45, 7) is 0.273. The van der Waals surface area contributed by atoms with Crippen LogP contribution in [0.1, 0.15) is 44.7 Å². The molecule has 0 aromatic heterocycles. The Morgan fingerprint density at radius 2 is 1.45 bits per heavy atom. The number of aliphatic carboxylic acids is 1. The lowest BCUT2D eigenvalue weighted by Gasteiger charge is -2.26. The molecule has 1 saturated heterocycles. The number of hydrogen-bond donors (Lipinski definition) is 2. The summed E-state index contributed by atoms with van der Waals surface area (Å²) in [6.07, 6.45) is 0.531. The predicted octanol–water partition coefficient (Wildman–Crippen LogP) is 2.79. The second-order valence-corrected chi connectivity index (χ2v) is 9.32. The van der Waals surface area contributed by atoms with Crippen LogP contribution in [-0.2, 0) is 27.3 Å². The molecule has 5 rings (SSSR count). The van der Waals surface area contributed by atoms with Crippen molar-refractivity contribution >= 4 is 35.3 Å². The first-order valence-electron chi connectivity index (χ1n) is 12.3. The normalized spacial score (nSPS) is 17.5. The lowest BCUT2D eigenvalue weighted by molar-refractivity contribution is -0.143. The van der Waals surface area contributed by atoms with Gasteiger partial charge in [-0.05, 0) is 41.8 Å². The maximum absolute atomic E-state index is 13.1. The number of likely N-dealkylation sites (tertiary alicyclic amines) is 1. The van der Waals surface area contributed by atoms with Gasteiger partial charge in [0.05, 0.1) is 16.8 Å². The van der Waals surface area contributed by atoms with Crippen molar-refractivity contribution in [1.82, 2.24) is 10.2 Å². The van der Waals surface area contributed by atoms with Crippen LogP contribution >= 0.6 is 0 Å². The minimum absolute atomic E-state index is 0.0111. The highest BCUT2D eigenvalue weighted by molar-refractivity contribution is 6.34. The number of carboxylic acid groups (broad SMARTS) is 1. The Kier molecular flexibility index (Phi) is 6.74. The number of carboxylic acids is 1. The van der Waals surface area contributed by atoms with E-state index in [1.165, 1.54) is 4.90 Å². The van der Waals surface area contributed by atoms with Crippen LogP contribution in [0.5, 0.6) is 0 Å². The van der Waals surface area contributed by atoms with Crippen LogP contribution in [0.4, 0.5) is 5.69 Å². The minimum atomic E-state index is -1.22. The van der Waals surface area contributed by atoms with E-state index in [4.69, 9.17) is 0 Å². The van der Waals surface area contributed by atoms with Crippen LogP contribution in [0, 0.1) is 0 Å². The third-order valence-corrected chi connectivity index (χ3v) is 6.87. The zero-order valence-corrected chi connectivity index (χ0v) is 20.4. The number of carbonyl (C=O) groups excluding carboxylic acids is 4. The molecule has 3 aromatic rings. The average molecular weight is 512 g/mol. The van der Waals surface area contributed by atoms with Gasteiger partial charge in [0.15, 0.2) is 0 Å². The average Bonchev–Trinajstić information content (AvgIpc) is 3.41. The topological polar surface area (TPSA) is 124 Å². The molecule has 9 heteroatoms. The minimum Gasteiger partial charge on any atom is -0.480 e. The summed E-state index contributed by atoms with van der Waals surface area (Å²) in [5.74, 6) is -2.70. The molecule has 2 heterocycles. The number of imide groups is 1. The number of hydrogen-bond acceptors (Lipinski definition) is 5. The van der Waals surface area contributed by atoms with Crippen LogP contribution < -0.4 is 10.2 Å². The maximum atomic E-state index is 13.1. The third-order valence-electron chi connectivity index (χ3n) is 6.87. The Balaban J connectivity index is 1.26. The van der Waals surface area contributed by atoms with E-state index in [0.717, 1.165) is 10.5 Å². The quantitative estimate of drug-likeness (QED) is 0.448. The lowest BCUT2D eigenvalue weighted by atomic mass is 10.0. The molecule has 2 aliphatic heterocycles. The smallest absolute Gasteiger partial charge is 0.326 e. The van der Waals surface area contributed by atoms with Crippen molar-refractivity contribution in [3.63, 3.8) is 0 Å². The van der Waals surface area contributed by atoms with E-state index >= 15 is 0 Å². The Morgan fingerprint density at radius 1 is 0.842 bits per heavy atom. The van der Waals surface area contributed by atoms with Crippen molar-refractivity contribution in [2.45, 2.75) is 37.9 Å². The molecule has 0 unspecified atom stereocenters. The van der Waals surface area contributed by atoms with E-state index in [1.54, 1.807) is 48.5 Å². The Labute approximate surface area is 218 Å². The van der Waals surface area contributed by atoms with Crippen LogP contribution in [0.3, 0.4) is 0 Å². The molecule has 192 valence electrons. The van der Waals surface area contributed by atoms with Gasteiger partial charge < -0.3 is 15.3 Å². The van der Waals surface area contributed by atoms with Gasteiger partial charge in [-0.15, -0.1) is 0 Å². The fraction of sp³-hybridized carbons (Fsp3) is 0.207. The molecular weight excluding hydrogens is 486 g/mol. The highest BCUT2D eigenvalue weighted by Gasteiger charge is 2.38. The second-order valence-electron chi connectivity index (χ2n) is 9.32. The zero-order valence-electron chi connectivity index (χ0n) is 20.4. The van der Waals surface area contributed by atoms with Gasteiger partial charge in [0.1, 0.15) is 12.1 Å². The molecule has 2 atom stereocenters. The van der Waals surface area contributed by atoms with Gasteiger partial charge in [-0.1, -0.05) is 54.6 Å². The van der Waals surface area contributed by atoms with E-state index in [-0.39, 0.29) is 25.3 Å². The first-order valence-corrected chi connectivity index (χ1v) is 12.3. The summed E-state index contributed by atoms with van der Waals surface area (Å²) < 4.78 is 0. The van der Waals surface area contributed by atoms with Gasteiger partial charge in [-0.3, -0.25) is 19.2 Å². The van der Waals surface area contributed by atoms with Gasteiger partial charge in [0.2, 0.25) is 11.8 Å². The Hall–Kier alpha value is -4.79.